The summed E-state index contributed by atoms with van der Waals surface area (Å²) in [5.74, 6) is 0.420. The van der Waals surface area contributed by atoms with Crippen LogP contribution in [0.25, 0.3) is 0 Å². The molecule has 2 aliphatic heterocycles. The molecule has 0 amide bonds. The van der Waals surface area contributed by atoms with Crippen LogP contribution in [0.3, 0.4) is 0 Å². The largest absolute Gasteiger partial charge is 0.384 e. The zero-order chi connectivity index (χ0) is 13.7. The average Bonchev–Trinajstić information content (AvgIpc) is 2.71. The van der Waals surface area contributed by atoms with Gasteiger partial charge in [-0.1, -0.05) is 18.2 Å². The van der Waals surface area contributed by atoms with Crippen LogP contribution in [0.15, 0.2) is 57.0 Å². The van der Waals surface area contributed by atoms with E-state index >= 15 is 0 Å². The van der Waals surface area contributed by atoms with Crippen LogP contribution >= 0.6 is 22.6 Å². The maximum absolute atomic E-state index is 12.6. The molecule has 3 aliphatic rings. The van der Waals surface area contributed by atoms with E-state index in [1.807, 2.05) is 18.2 Å². The van der Waals surface area contributed by atoms with E-state index < -0.39 is 0 Å². The number of allylic oxidation sites excluding steroid dienone is 5. The molecule has 1 unspecified atom stereocenters. The smallest absolute Gasteiger partial charge is 0.202 e. The SMILES string of the molecule is O=C1C(I)=CC=C2NCCC3C(=C12)Nc1ccccc13. The third kappa shape index (κ3) is 1.67. The molecule has 0 spiro atoms. The molecule has 100 valence electrons. The Balaban J connectivity index is 1.93. The van der Waals surface area contributed by atoms with Crippen LogP contribution in [-0.2, 0) is 4.79 Å². The first-order valence-electron chi connectivity index (χ1n) is 6.72. The zero-order valence-corrected chi connectivity index (χ0v) is 12.9. The summed E-state index contributed by atoms with van der Waals surface area (Å²) in [4.78, 5) is 12.6. The second-order valence-corrected chi connectivity index (χ2v) is 6.36. The van der Waals surface area contributed by atoms with Crippen molar-refractivity contribution in [1.82, 2.24) is 5.32 Å². The monoisotopic (exact) mass is 376 g/mol. The fourth-order valence-corrected chi connectivity index (χ4v) is 3.61. The van der Waals surface area contributed by atoms with E-state index in [2.05, 4.69) is 51.4 Å². The minimum absolute atomic E-state index is 0.123. The summed E-state index contributed by atoms with van der Waals surface area (Å²) >= 11 is 2.12. The molecule has 0 aromatic heterocycles. The van der Waals surface area contributed by atoms with Crippen LogP contribution in [0.4, 0.5) is 5.69 Å². The average molecular weight is 376 g/mol. The topological polar surface area (TPSA) is 41.1 Å². The van der Waals surface area contributed by atoms with Gasteiger partial charge in [-0.05, 0) is 52.8 Å². The lowest BCUT2D eigenvalue weighted by molar-refractivity contribution is -0.111. The van der Waals surface area contributed by atoms with Crippen molar-refractivity contribution in [2.75, 3.05) is 11.9 Å². The molecule has 1 atom stereocenters. The summed E-state index contributed by atoms with van der Waals surface area (Å²) in [6.45, 7) is 0.886. The van der Waals surface area contributed by atoms with E-state index in [0.29, 0.717) is 5.92 Å². The summed E-state index contributed by atoms with van der Waals surface area (Å²) in [5, 5.41) is 6.86. The molecular weight excluding hydrogens is 363 g/mol. The Hall–Kier alpha value is -1.56. The predicted octanol–water partition coefficient (Wildman–Crippen LogP) is 3.23. The summed E-state index contributed by atoms with van der Waals surface area (Å²) in [6, 6.07) is 8.34. The molecule has 0 saturated carbocycles. The molecule has 1 aliphatic carbocycles. The fraction of sp³-hybridized carbons (Fsp3) is 0.188. The molecular formula is C16H13IN2O. The van der Waals surface area contributed by atoms with E-state index in [1.165, 1.54) is 5.56 Å². The third-order valence-electron chi connectivity index (χ3n) is 4.08. The van der Waals surface area contributed by atoms with Crippen molar-refractivity contribution in [3.05, 3.63) is 62.5 Å². The number of hydrogen-bond acceptors (Lipinski definition) is 3. The second-order valence-electron chi connectivity index (χ2n) is 5.19. The van der Waals surface area contributed by atoms with Gasteiger partial charge in [-0.2, -0.15) is 0 Å². The van der Waals surface area contributed by atoms with Crippen molar-refractivity contribution < 1.29 is 4.79 Å². The predicted molar refractivity (Wildman–Crippen MR) is 87.6 cm³/mol. The number of benzene rings is 1. The highest BCUT2D eigenvalue weighted by Crippen LogP contribution is 2.45. The summed E-state index contributed by atoms with van der Waals surface area (Å²) < 4.78 is 0.772. The lowest BCUT2D eigenvalue weighted by Gasteiger charge is -2.17. The number of fused-ring (bicyclic) bond motifs is 4. The molecule has 4 rings (SSSR count). The molecule has 3 nitrogen and oxygen atoms in total. The van der Waals surface area contributed by atoms with Crippen molar-refractivity contribution in [1.29, 1.82) is 0 Å². The minimum atomic E-state index is 0.123. The van der Waals surface area contributed by atoms with Crippen LogP contribution < -0.4 is 10.6 Å². The van der Waals surface area contributed by atoms with Gasteiger partial charge in [-0.25, -0.2) is 0 Å². The van der Waals surface area contributed by atoms with E-state index in [9.17, 15) is 4.79 Å². The van der Waals surface area contributed by atoms with Crippen molar-refractivity contribution in [2.45, 2.75) is 12.3 Å². The number of nitrogens with one attached hydrogen (secondary N) is 2. The quantitative estimate of drug-likeness (QED) is 0.684. The van der Waals surface area contributed by atoms with E-state index in [4.69, 9.17) is 0 Å². The van der Waals surface area contributed by atoms with Crippen molar-refractivity contribution in [3.8, 4) is 0 Å². The van der Waals surface area contributed by atoms with Crippen LogP contribution in [0.1, 0.15) is 17.9 Å². The highest BCUT2D eigenvalue weighted by molar-refractivity contribution is 14.1. The van der Waals surface area contributed by atoms with Gasteiger partial charge in [0.25, 0.3) is 0 Å². The molecule has 1 aromatic carbocycles. The van der Waals surface area contributed by atoms with E-state index in [0.717, 1.165) is 39.2 Å². The maximum Gasteiger partial charge on any atom is 0.202 e. The Morgan fingerprint density at radius 2 is 2.05 bits per heavy atom. The molecule has 1 aromatic rings. The standard InChI is InChI=1S/C16H13IN2O/c17-11-5-6-13-14(16(11)20)15-10(7-8-18-13)9-3-1-2-4-12(9)19-15/h1-6,10,18-19H,7-8H2. The first-order chi connectivity index (χ1) is 9.75. The van der Waals surface area contributed by atoms with Gasteiger partial charge in [0.05, 0.1) is 9.15 Å². The molecule has 2 N–H and O–H groups in total. The van der Waals surface area contributed by atoms with Crippen molar-refractivity contribution in [2.24, 2.45) is 0 Å². The summed E-state index contributed by atoms with van der Waals surface area (Å²) in [5.41, 5.74) is 5.27. The first kappa shape index (κ1) is 12.2. The molecule has 0 saturated heterocycles. The number of ketones is 1. The van der Waals surface area contributed by atoms with Crippen LogP contribution in [0.2, 0.25) is 0 Å². The maximum atomic E-state index is 12.6. The van der Waals surface area contributed by atoms with Gasteiger partial charge in [0.15, 0.2) is 0 Å². The van der Waals surface area contributed by atoms with Gasteiger partial charge >= 0.3 is 0 Å². The number of para-hydroxylation sites is 1. The third-order valence-corrected chi connectivity index (χ3v) is 4.93. The highest BCUT2D eigenvalue weighted by atomic mass is 127. The Labute approximate surface area is 131 Å². The number of halogens is 1. The minimum Gasteiger partial charge on any atom is -0.384 e. The molecule has 20 heavy (non-hydrogen) atoms. The Bertz CT molecular complexity index is 715. The zero-order valence-electron chi connectivity index (χ0n) is 10.7. The lowest BCUT2D eigenvalue weighted by Crippen LogP contribution is -2.21. The van der Waals surface area contributed by atoms with E-state index in [1.54, 1.807) is 0 Å². The van der Waals surface area contributed by atoms with Gasteiger partial charge in [0.1, 0.15) is 0 Å². The van der Waals surface area contributed by atoms with Crippen LogP contribution in [0, 0.1) is 0 Å². The number of Topliss-reactive ketones (excluding diaryl/α,β-unsaturated/α-hetero) is 1. The Morgan fingerprint density at radius 3 is 2.95 bits per heavy atom. The molecule has 0 fully saturated rings. The number of rotatable bonds is 0. The van der Waals surface area contributed by atoms with Crippen molar-refractivity contribution >= 4 is 34.1 Å². The van der Waals surface area contributed by atoms with Crippen LogP contribution in [0.5, 0.6) is 0 Å². The Kier molecular flexibility index (Phi) is 2.73. The number of carbonyl (C=O) groups excluding carboxylic acids is 1. The second kappa shape index (κ2) is 4.48. The molecule has 0 bridgehead atoms. The summed E-state index contributed by atoms with van der Waals surface area (Å²) in [6.07, 6.45) is 4.90. The fourth-order valence-electron chi connectivity index (χ4n) is 3.16. The summed E-state index contributed by atoms with van der Waals surface area (Å²) in [7, 11) is 0. The van der Waals surface area contributed by atoms with Gasteiger partial charge in [-0.3, -0.25) is 4.79 Å². The van der Waals surface area contributed by atoms with Gasteiger partial charge in [0.2, 0.25) is 5.78 Å². The van der Waals surface area contributed by atoms with Gasteiger partial charge < -0.3 is 10.6 Å². The lowest BCUT2D eigenvalue weighted by atomic mass is 9.91. The first-order valence-corrected chi connectivity index (χ1v) is 7.80. The highest BCUT2D eigenvalue weighted by Gasteiger charge is 2.35. The van der Waals surface area contributed by atoms with Gasteiger partial charge in [-0.15, -0.1) is 0 Å². The number of carbonyl (C=O) groups is 1. The Morgan fingerprint density at radius 1 is 1.20 bits per heavy atom. The molecule has 0 radical (unpaired) electrons. The normalized spacial score (nSPS) is 23.6. The number of anilines is 1. The van der Waals surface area contributed by atoms with Crippen LogP contribution in [-0.4, -0.2) is 12.3 Å². The van der Waals surface area contributed by atoms with Gasteiger partial charge in [0, 0.05) is 29.5 Å². The molecule has 2 heterocycles. The molecule has 4 heteroatoms. The van der Waals surface area contributed by atoms with Crippen molar-refractivity contribution in [3.63, 3.8) is 0 Å². The number of hydrogen-bond donors (Lipinski definition) is 2. The van der Waals surface area contributed by atoms with E-state index in [-0.39, 0.29) is 5.78 Å².